The van der Waals surface area contributed by atoms with Crippen LogP contribution in [0.15, 0.2) is 0 Å². The van der Waals surface area contributed by atoms with E-state index >= 15 is 0 Å². The Hall–Kier alpha value is -1.94. The fraction of sp³-hybridized carbons (Fsp3) is 0.943. The lowest BCUT2D eigenvalue weighted by Gasteiger charge is -2.21. The van der Waals surface area contributed by atoms with Crippen LogP contribution in [-0.2, 0) is 65.4 Å². The van der Waals surface area contributed by atoms with Crippen molar-refractivity contribution in [2.75, 3.05) is 39.6 Å². The lowest BCUT2D eigenvalue weighted by molar-refractivity contribution is -0.161. The summed E-state index contributed by atoms with van der Waals surface area (Å²) in [6.07, 6.45) is 49.7. The van der Waals surface area contributed by atoms with Crippen molar-refractivity contribution in [2.45, 2.75) is 380 Å². The van der Waals surface area contributed by atoms with Crippen molar-refractivity contribution in [3.05, 3.63) is 0 Å². The maximum absolute atomic E-state index is 13.0. The van der Waals surface area contributed by atoms with Gasteiger partial charge in [0.15, 0.2) is 12.2 Å². The van der Waals surface area contributed by atoms with Gasteiger partial charge < -0.3 is 33.8 Å². The minimum Gasteiger partial charge on any atom is -0.462 e. The van der Waals surface area contributed by atoms with Gasteiger partial charge in [0.05, 0.1) is 26.4 Å². The van der Waals surface area contributed by atoms with Crippen LogP contribution in [0.4, 0.5) is 0 Å². The lowest BCUT2D eigenvalue weighted by atomic mass is 10.0. The Kier molecular flexibility index (Phi) is 62.1. The molecular weight excluding hydrogens is 1170 g/mol. The number of ether oxygens (including phenoxy) is 4. The Morgan fingerprint density at radius 1 is 0.303 bits per heavy atom. The van der Waals surface area contributed by atoms with Gasteiger partial charge in [-0.25, -0.2) is 9.13 Å². The first-order chi connectivity index (χ1) is 43.0. The third-order valence-corrected chi connectivity index (χ3v) is 18.2. The molecule has 5 atom stereocenters. The summed E-state index contributed by atoms with van der Waals surface area (Å²) in [6.45, 7) is 7.23. The van der Waals surface area contributed by atoms with Crippen molar-refractivity contribution in [1.29, 1.82) is 0 Å². The van der Waals surface area contributed by atoms with Gasteiger partial charge in [-0.05, 0) is 31.6 Å². The number of hydrogen-bond donors (Lipinski definition) is 3. The molecule has 0 aromatic rings. The van der Waals surface area contributed by atoms with Crippen molar-refractivity contribution in [1.82, 2.24) is 0 Å². The minimum absolute atomic E-state index is 0.108. The number of aliphatic hydroxyl groups excluding tert-OH is 1. The van der Waals surface area contributed by atoms with Gasteiger partial charge in [0.1, 0.15) is 19.3 Å². The number of rotatable bonds is 70. The van der Waals surface area contributed by atoms with Gasteiger partial charge in [-0.1, -0.05) is 311 Å². The molecule has 0 bridgehead atoms. The number of phosphoric acid groups is 2. The predicted octanol–water partition coefficient (Wildman–Crippen LogP) is 20.1. The van der Waals surface area contributed by atoms with Crippen molar-refractivity contribution in [2.24, 2.45) is 5.92 Å². The van der Waals surface area contributed by atoms with Crippen LogP contribution in [0, 0.1) is 5.92 Å². The maximum atomic E-state index is 13.0. The number of carbonyl (C=O) groups is 4. The fourth-order valence-corrected chi connectivity index (χ4v) is 12.2. The molecule has 528 valence electrons. The summed E-state index contributed by atoms with van der Waals surface area (Å²) in [5.74, 6) is -1.38. The molecule has 0 fully saturated rings. The number of phosphoric ester groups is 2. The second-order valence-electron chi connectivity index (χ2n) is 25.7. The highest BCUT2D eigenvalue weighted by Crippen LogP contribution is 2.45. The molecule has 3 N–H and O–H groups in total. The highest BCUT2D eigenvalue weighted by Gasteiger charge is 2.30. The first-order valence-electron chi connectivity index (χ1n) is 36.6. The molecule has 0 aliphatic rings. The summed E-state index contributed by atoms with van der Waals surface area (Å²) < 4.78 is 68.3. The summed E-state index contributed by atoms with van der Waals surface area (Å²) in [6, 6.07) is 0. The van der Waals surface area contributed by atoms with Crippen molar-refractivity contribution >= 4 is 39.5 Å². The molecule has 0 heterocycles. The minimum atomic E-state index is -4.95. The van der Waals surface area contributed by atoms with Crippen LogP contribution < -0.4 is 0 Å². The Balaban J connectivity index is 5.25. The van der Waals surface area contributed by atoms with Crippen LogP contribution in [0.5, 0.6) is 0 Å². The Morgan fingerprint density at radius 2 is 0.517 bits per heavy atom. The molecule has 2 unspecified atom stereocenters. The second kappa shape index (κ2) is 63.5. The Morgan fingerprint density at radius 3 is 0.764 bits per heavy atom. The number of esters is 4. The van der Waals surface area contributed by atoms with Gasteiger partial charge in [0.2, 0.25) is 0 Å². The van der Waals surface area contributed by atoms with Gasteiger partial charge in [0.25, 0.3) is 0 Å². The predicted molar refractivity (Wildman–Crippen MR) is 358 cm³/mol. The van der Waals surface area contributed by atoms with Gasteiger partial charge in [-0.3, -0.25) is 37.3 Å². The largest absolute Gasteiger partial charge is 0.472 e. The lowest BCUT2D eigenvalue weighted by Crippen LogP contribution is -2.30. The molecule has 0 saturated carbocycles. The molecule has 0 aliphatic carbocycles. The van der Waals surface area contributed by atoms with Gasteiger partial charge in [-0.2, -0.15) is 0 Å². The van der Waals surface area contributed by atoms with E-state index in [0.29, 0.717) is 25.7 Å². The molecule has 89 heavy (non-hydrogen) atoms. The van der Waals surface area contributed by atoms with E-state index in [1.54, 1.807) is 0 Å². The number of unbranched alkanes of at least 4 members (excludes halogenated alkanes) is 42. The first kappa shape index (κ1) is 87.1. The zero-order valence-corrected chi connectivity index (χ0v) is 59.4. The summed E-state index contributed by atoms with van der Waals surface area (Å²) >= 11 is 0. The molecule has 0 rings (SSSR count). The quantitative estimate of drug-likeness (QED) is 0.0222. The summed E-state index contributed by atoms with van der Waals surface area (Å²) in [7, 11) is -9.90. The van der Waals surface area contributed by atoms with Crippen LogP contribution >= 0.6 is 15.6 Å². The van der Waals surface area contributed by atoms with Gasteiger partial charge in [-0.15, -0.1) is 0 Å². The highest BCUT2D eigenvalue weighted by atomic mass is 31.2. The SMILES string of the molecule is CCCCCCCCCCCCCCCCC(=O)O[C@H](COC(=O)CCCCCCCCCCCC(C)C)COP(=O)(O)OC[C@@H](O)COP(=O)(O)OC[C@@H](COC(=O)CCCCCCCCCCCCC)OC(=O)CCCCCCCCCCCCCC. The van der Waals surface area contributed by atoms with E-state index < -0.39 is 97.5 Å². The smallest absolute Gasteiger partial charge is 0.462 e. The van der Waals surface area contributed by atoms with Crippen LogP contribution in [-0.4, -0.2) is 96.7 Å². The van der Waals surface area contributed by atoms with E-state index in [1.165, 1.54) is 186 Å². The van der Waals surface area contributed by atoms with E-state index in [4.69, 9.17) is 37.0 Å². The van der Waals surface area contributed by atoms with E-state index in [0.717, 1.165) is 95.8 Å². The number of carbonyl (C=O) groups excluding carboxylic acids is 4. The third-order valence-electron chi connectivity index (χ3n) is 16.3. The van der Waals surface area contributed by atoms with Crippen molar-refractivity contribution in [3.8, 4) is 0 Å². The van der Waals surface area contributed by atoms with Crippen molar-refractivity contribution in [3.63, 3.8) is 0 Å². The van der Waals surface area contributed by atoms with E-state index in [-0.39, 0.29) is 25.7 Å². The third kappa shape index (κ3) is 64.6. The summed E-state index contributed by atoms with van der Waals surface area (Å²) in [5.41, 5.74) is 0. The van der Waals surface area contributed by atoms with Crippen LogP contribution in [0.25, 0.3) is 0 Å². The van der Waals surface area contributed by atoms with Crippen LogP contribution in [0.3, 0.4) is 0 Å². The molecule has 0 radical (unpaired) electrons. The second-order valence-corrected chi connectivity index (χ2v) is 28.7. The molecule has 0 aromatic carbocycles. The highest BCUT2D eigenvalue weighted by molar-refractivity contribution is 7.47. The standard InChI is InChI=1S/C70H136O17P2/c1-6-9-12-15-18-21-24-26-27-30-35-41-46-51-56-70(75)87-66(60-81-68(73)54-49-44-39-36-31-32-37-42-47-52-63(4)5)62-85-89(78,79)83-58-64(71)57-82-88(76,77)84-61-65(59-80-67(72)53-48-43-38-33-28-23-20-17-14-11-8-3)86-69(74)55-50-45-40-34-29-25-22-19-16-13-10-7-2/h63-66,71H,6-62H2,1-5H3,(H,76,77)(H,78,79)/t64-,65+,66+/m0/s1. The maximum Gasteiger partial charge on any atom is 0.472 e. The Bertz CT molecular complexity index is 1720. The zero-order valence-electron chi connectivity index (χ0n) is 57.6. The molecule has 19 heteroatoms. The summed E-state index contributed by atoms with van der Waals surface area (Å²) in [4.78, 5) is 72.5. The molecule has 0 aliphatic heterocycles. The zero-order chi connectivity index (χ0) is 65.6. The van der Waals surface area contributed by atoms with Crippen LogP contribution in [0.1, 0.15) is 362 Å². The van der Waals surface area contributed by atoms with E-state index in [2.05, 4.69) is 34.6 Å². The number of hydrogen-bond acceptors (Lipinski definition) is 15. The Labute approximate surface area is 543 Å². The van der Waals surface area contributed by atoms with E-state index in [9.17, 15) is 43.2 Å². The average molecular weight is 1310 g/mol. The molecule has 0 amide bonds. The molecule has 0 saturated heterocycles. The van der Waals surface area contributed by atoms with Crippen molar-refractivity contribution < 1.29 is 80.2 Å². The van der Waals surface area contributed by atoms with Gasteiger partial charge >= 0.3 is 39.5 Å². The average Bonchev–Trinajstić information content (AvgIpc) is 3.72. The fourth-order valence-electron chi connectivity index (χ4n) is 10.6. The van der Waals surface area contributed by atoms with Crippen LogP contribution in [0.2, 0.25) is 0 Å². The van der Waals surface area contributed by atoms with Gasteiger partial charge in [0, 0.05) is 25.7 Å². The summed E-state index contributed by atoms with van der Waals surface area (Å²) in [5, 5.41) is 10.6. The number of aliphatic hydroxyl groups is 1. The molecule has 17 nitrogen and oxygen atoms in total. The monoisotopic (exact) mass is 1310 g/mol. The molecule has 0 spiro atoms. The first-order valence-corrected chi connectivity index (χ1v) is 39.6. The van der Waals surface area contributed by atoms with E-state index in [1.807, 2.05) is 0 Å². The topological polar surface area (TPSA) is 237 Å². The molecule has 0 aromatic heterocycles. The molecular formula is C70H136O17P2. The normalized spacial score (nSPS) is 14.1.